The molecule has 6 heteroatoms. The van der Waals surface area contributed by atoms with E-state index in [9.17, 15) is 14.0 Å². The summed E-state index contributed by atoms with van der Waals surface area (Å²) in [6.07, 6.45) is 0.215. The number of halogens is 2. The maximum atomic E-state index is 13.0. The van der Waals surface area contributed by atoms with Gasteiger partial charge < -0.3 is 10.1 Å². The Bertz CT molecular complexity index is 703. The fourth-order valence-corrected chi connectivity index (χ4v) is 2.46. The first-order chi connectivity index (χ1) is 11.0. The van der Waals surface area contributed by atoms with Crippen molar-refractivity contribution in [3.8, 4) is 0 Å². The predicted molar refractivity (Wildman–Crippen MR) is 87.5 cm³/mol. The van der Waals surface area contributed by atoms with Gasteiger partial charge in [0.25, 0.3) is 5.91 Å². The monoisotopic (exact) mass is 379 g/mol. The number of methoxy groups -OCH3 is 1. The molecule has 0 aromatic heterocycles. The Morgan fingerprint density at radius 2 is 1.91 bits per heavy atom. The van der Waals surface area contributed by atoms with Crippen LogP contribution >= 0.6 is 15.9 Å². The summed E-state index contributed by atoms with van der Waals surface area (Å²) in [5, 5.41) is 2.65. The zero-order valence-corrected chi connectivity index (χ0v) is 14.0. The first-order valence-corrected chi connectivity index (χ1v) is 7.67. The normalized spacial score (nSPS) is 11.6. The van der Waals surface area contributed by atoms with Crippen LogP contribution in [0.5, 0.6) is 0 Å². The highest BCUT2D eigenvalue weighted by Gasteiger charge is 2.22. The molecule has 0 aliphatic rings. The molecule has 0 saturated carbocycles. The first kappa shape index (κ1) is 17.1. The Morgan fingerprint density at radius 1 is 1.22 bits per heavy atom. The third-order valence-corrected chi connectivity index (χ3v) is 3.72. The zero-order chi connectivity index (χ0) is 16.8. The van der Waals surface area contributed by atoms with E-state index in [0.29, 0.717) is 5.56 Å². The van der Waals surface area contributed by atoms with Gasteiger partial charge in [-0.2, -0.15) is 0 Å². The van der Waals surface area contributed by atoms with E-state index in [0.717, 1.165) is 10.0 Å². The summed E-state index contributed by atoms with van der Waals surface area (Å²) in [7, 11) is 1.26. The molecular formula is C17H15BrFNO3. The lowest BCUT2D eigenvalue weighted by Crippen LogP contribution is -2.43. The second kappa shape index (κ2) is 7.87. The number of esters is 1. The molecule has 0 bridgehead atoms. The summed E-state index contributed by atoms with van der Waals surface area (Å²) in [4.78, 5) is 24.2. The zero-order valence-electron chi connectivity index (χ0n) is 12.4. The van der Waals surface area contributed by atoms with Crippen LogP contribution in [0.4, 0.5) is 4.39 Å². The molecule has 120 valence electrons. The van der Waals surface area contributed by atoms with Crippen LogP contribution in [0.3, 0.4) is 0 Å². The number of hydrogen-bond donors (Lipinski definition) is 1. The van der Waals surface area contributed by atoms with Crippen LogP contribution in [0.25, 0.3) is 0 Å². The van der Waals surface area contributed by atoms with Crippen molar-refractivity contribution in [1.82, 2.24) is 5.32 Å². The van der Waals surface area contributed by atoms with Crippen LogP contribution in [0, 0.1) is 5.82 Å². The molecule has 2 aromatic rings. The molecule has 1 N–H and O–H groups in total. The molecular weight excluding hydrogens is 365 g/mol. The van der Waals surface area contributed by atoms with Crippen LogP contribution in [0.1, 0.15) is 15.9 Å². The van der Waals surface area contributed by atoms with Gasteiger partial charge >= 0.3 is 5.97 Å². The summed E-state index contributed by atoms with van der Waals surface area (Å²) in [6.45, 7) is 0. The third kappa shape index (κ3) is 4.89. The minimum atomic E-state index is -0.850. The fourth-order valence-electron chi connectivity index (χ4n) is 2.06. The summed E-state index contributed by atoms with van der Waals surface area (Å²) in [5.74, 6) is -1.30. The summed E-state index contributed by atoms with van der Waals surface area (Å²) < 4.78 is 18.4. The highest BCUT2D eigenvalue weighted by molar-refractivity contribution is 9.10. The average Bonchev–Trinajstić information content (AvgIpc) is 2.55. The van der Waals surface area contributed by atoms with Crippen molar-refractivity contribution in [3.05, 3.63) is 69.9 Å². The number of rotatable bonds is 5. The molecule has 0 aliphatic carbocycles. The molecule has 2 aromatic carbocycles. The van der Waals surface area contributed by atoms with E-state index in [1.807, 2.05) is 0 Å². The number of hydrogen-bond acceptors (Lipinski definition) is 3. The Kier molecular flexibility index (Phi) is 5.87. The van der Waals surface area contributed by atoms with Crippen LogP contribution in [0.2, 0.25) is 0 Å². The molecule has 0 aliphatic heterocycles. The lowest BCUT2D eigenvalue weighted by atomic mass is 10.1. The predicted octanol–water partition coefficient (Wildman–Crippen LogP) is 3.10. The van der Waals surface area contributed by atoms with Crippen molar-refractivity contribution < 1.29 is 18.7 Å². The average molecular weight is 380 g/mol. The highest BCUT2D eigenvalue weighted by atomic mass is 79.9. The first-order valence-electron chi connectivity index (χ1n) is 6.88. The van der Waals surface area contributed by atoms with Gasteiger partial charge in [-0.25, -0.2) is 9.18 Å². The molecule has 0 fully saturated rings. The van der Waals surface area contributed by atoms with E-state index in [1.165, 1.54) is 19.2 Å². The van der Waals surface area contributed by atoms with Crippen LogP contribution < -0.4 is 5.32 Å². The van der Waals surface area contributed by atoms with Gasteiger partial charge in [-0.1, -0.05) is 34.1 Å². The summed E-state index contributed by atoms with van der Waals surface area (Å²) in [6, 6.07) is 11.7. The highest BCUT2D eigenvalue weighted by Crippen LogP contribution is 2.12. The van der Waals surface area contributed by atoms with Crippen LogP contribution in [-0.4, -0.2) is 25.0 Å². The van der Waals surface area contributed by atoms with Crippen LogP contribution in [0.15, 0.2) is 53.0 Å². The topological polar surface area (TPSA) is 55.4 Å². The molecule has 0 radical (unpaired) electrons. The van der Waals surface area contributed by atoms with Gasteiger partial charge in [0.15, 0.2) is 0 Å². The van der Waals surface area contributed by atoms with Crippen molar-refractivity contribution in [2.24, 2.45) is 0 Å². The van der Waals surface area contributed by atoms with Crippen molar-refractivity contribution >= 4 is 27.8 Å². The second-order valence-corrected chi connectivity index (χ2v) is 5.81. The van der Waals surface area contributed by atoms with Crippen molar-refractivity contribution in [2.75, 3.05) is 7.11 Å². The molecule has 0 heterocycles. The SMILES string of the molecule is COC(=O)[C@@H](Cc1ccc(F)cc1)NC(=O)c1cccc(Br)c1. The maximum absolute atomic E-state index is 13.0. The Labute approximate surface area is 141 Å². The minimum absolute atomic E-state index is 0.215. The minimum Gasteiger partial charge on any atom is -0.467 e. The van der Waals surface area contributed by atoms with Gasteiger partial charge in [-0.05, 0) is 35.9 Å². The number of nitrogens with one attached hydrogen (secondary N) is 1. The number of carbonyl (C=O) groups is 2. The van der Waals surface area contributed by atoms with E-state index >= 15 is 0 Å². The molecule has 0 unspecified atom stereocenters. The number of carbonyl (C=O) groups excluding carboxylic acids is 2. The van der Waals surface area contributed by atoms with E-state index in [2.05, 4.69) is 21.2 Å². The molecule has 0 spiro atoms. The molecule has 1 atom stereocenters. The number of ether oxygens (including phenoxy) is 1. The van der Waals surface area contributed by atoms with Gasteiger partial charge in [-0.15, -0.1) is 0 Å². The fraction of sp³-hybridized carbons (Fsp3) is 0.176. The molecule has 0 saturated heterocycles. The standard InChI is InChI=1S/C17H15BrFNO3/c1-23-17(22)15(9-11-5-7-14(19)8-6-11)20-16(21)12-3-2-4-13(18)10-12/h2-8,10,15H,9H2,1H3,(H,20,21)/t15-/m1/s1. The lowest BCUT2D eigenvalue weighted by molar-refractivity contribution is -0.142. The van der Waals surface area contributed by atoms with E-state index in [4.69, 9.17) is 4.74 Å². The van der Waals surface area contributed by atoms with Crippen molar-refractivity contribution in [3.63, 3.8) is 0 Å². The Morgan fingerprint density at radius 3 is 2.52 bits per heavy atom. The summed E-state index contributed by atoms with van der Waals surface area (Å²) >= 11 is 3.29. The van der Waals surface area contributed by atoms with Gasteiger partial charge in [0.2, 0.25) is 0 Å². The van der Waals surface area contributed by atoms with Gasteiger partial charge in [-0.3, -0.25) is 4.79 Å². The molecule has 4 nitrogen and oxygen atoms in total. The Balaban J connectivity index is 2.13. The third-order valence-electron chi connectivity index (χ3n) is 3.23. The van der Waals surface area contributed by atoms with Gasteiger partial charge in [0.05, 0.1) is 7.11 Å². The van der Waals surface area contributed by atoms with Gasteiger partial charge in [0, 0.05) is 16.5 Å². The summed E-state index contributed by atoms with van der Waals surface area (Å²) in [5.41, 5.74) is 1.14. The van der Waals surface area contributed by atoms with Crippen molar-refractivity contribution in [1.29, 1.82) is 0 Å². The second-order valence-electron chi connectivity index (χ2n) is 4.89. The smallest absolute Gasteiger partial charge is 0.328 e. The molecule has 23 heavy (non-hydrogen) atoms. The lowest BCUT2D eigenvalue weighted by Gasteiger charge is -2.17. The largest absolute Gasteiger partial charge is 0.467 e. The van der Waals surface area contributed by atoms with Crippen molar-refractivity contribution in [2.45, 2.75) is 12.5 Å². The molecule has 1 amide bonds. The van der Waals surface area contributed by atoms with E-state index in [-0.39, 0.29) is 18.1 Å². The van der Waals surface area contributed by atoms with Gasteiger partial charge in [0.1, 0.15) is 11.9 Å². The van der Waals surface area contributed by atoms with E-state index < -0.39 is 12.0 Å². The number of amides is 1. The molecule has 2 rings (SSSR count). The maximum Gasteiger partial charge on any atom is 0.328 e. The van der Waals surface area contributed by atoms with E-state index in [1.54, 1.807) is 36.4 Å². The number of benzene rings is 2. The van der Waals surface area contributed by atoms with Crippen LogP contribution in [-0.2, 0) is 16.0 Å². The Hall–Kier alpha value is -2.21. The quantitative estimate of drug-likeness (QED) is 0.812.